The number of carbonyl (C=O) groups is 1. The number of aliphatic hydroxyl groups is 1. The smallest absolute Gasteiger partial charge is 0.362 e. The van der Waals surface area contributed by atoms with Crippen molar-refractivity contribution in [2.45, 2.75) is 111 Å². The molecule has 3 fully saturated rings. The molecule has 0 aromatic carbocycles. The first kappa shape index (κ1) is 37.8. The molecule has 0 spiro atoms. The maximum atomic E-state index is 13.1. The van der Waals surface area contributed by atoms with Crippen LogP contribution in [0.2, 0.25) is 0 Å². The van der Waals surface area contributed by atoms with Gasteiger partial charge in [-0.2, -0.15) is 0 Å². The van der Waals surface area contributed by atoms with Crippen molar-refractivity contribution in [3.05, 3.63) is 11.6 Å². The lowest BCUT2D eigenvalue weighted by molar-refractivity contribution is -0.883. The fourth-order valence-electron chi connectivity index (χ4n) is 10.3. The molecule has 0 aliphatic heterocycles. The van der Waals surface area contributed by atoms with E-state index in [-0.39, 0.29) is 24.1 Å². The van der Waals surface area contributed by atoms with Crippen LogP contribution < -0.4 is 0 Å². The number of fused-ring (bicyclic) bond motifs is 5. The highest BCUT2D eigenvalue weighted by molar-refractivity contribution is 5.70. The molecule has 0 saturated heterocycles. The Balaban J connectivity index is 1.21. The van der Waals surface area contributed by atoms with Gasteiger partial charge in [-0.15, -0.1) is 0 Å². The van der Waals surface area contributed by atoms with Crippen molar-refractivity contribution in [1.82, 2.24) is 0 Å². The van der Waals surface area contributed by atoms with Crippen molar-refractivity contribution < 1.29 is 33.3 Å². The molecule has 0 radical (unpaired) electrons. The summed E-state index contributed by atoms with van der Waals surface area (Å²) in [6.45, 7) is 16.6. The van der Waals surface area contributed by atoms with Gasteiger partial charge in [0, 0.05) is 6.42 Å². The Kier molecular flexibility index (Phi) is 14.1. The van der Waals surface area contributed by atoms with Gasteiger partial charge in [0.05, 0.1) is 60.3 Å². The molecule has 4 rings (SSSR count). The molecule has 0 aromatic heterocycles. The van der Waals surface area contributed by atoms with Crippen molar-refractivity contribution in [3.63, 3.8) is 0 Å². The number of hydrogen-bond donors (Lipinski definition) is 1. The minimum atomic E-state index is -0.0907. The van der Waals surface area contributed by atoms with E-state index in [1.807, 2.05) is 0 Å². The summed E-state index contributed by atoms with van der Waals surface area (Å²) in [5.74, 6) is 4.98. The normalized spacial score (nSPS) is 33.2. The summed E-state index contributed by atoms with van der Waals surface area (Å²) in [7, 11) is 4.14. The molecule has 4 aliphatic carbocycles. The first-order chi connectivity index (χ1) is 21.9. The maximum Gasteiger partial charge on any atom is 0.362 e. The van der Waals surface area contributed by atoms with Gasteiger partial charge in [-0.1, -0.05) is 65.5 Å². The average Bonchev–Trinajstić information content (AvgIpc) is 3.35. The zero-order valence-corrected chi connectivity index (χ0v) is 30.7. The second-order valence-electron chi connectivity index (χ2n) is 17.0. The molecule has 0 bridgehead atoms. The summed E-state index contributed by atoms with van der Waals surface area (Å²) < 4.78 is 23.1. The van der Waals surface area contributed by atoms with E-state index >= 15 is 0 Å². The number of carbonyl (C=O) groups excluding carboxylic acids is 1. The van der Waals surface area contributed by atoms with Gasteiger partial charge >= 0.3 is 5.97 Å². The number of esters is 1. The Labute approximate surface area is 281 Å². The van der Waals surface area contributed by atoms with E-state index < -0.39 is 0 Å². The molecular weight excluding hydrogens is 578 g/mol. The monoisotopic (exact) mass is 649 g/mol. The van der Waals surface area contributed by atoms with Crippen molar-refractivity contribution in [2.24, 2.45) is 46.3 Å². The molecule has 1 N–H and O–H groups in total. The Morgan fingerprint density at radius 2 is 1.61 bits per heavy atom. The number of quaternary nitrogens is 1. The Hall–Kier alpha value is -0.990. The molecule has 0 heterocycles. The first-order valence-electron chi connectivity index (χ1n) is 18.9. The largest absolute Gasteiger partial charge is 0.458 e. The highest BCUT2D eigenvalue weighted by Gasteiger charge is 2.59. The summed E-state index contributed by atoms with van der Waals surface area (Å²) in [6.07, 6.45) is 16.7. The van der Waals surface area contributed by atoms with Gasteiger partial charge in [0.1, 0.15) is 12.6 Å². The van der Waals surface area contributed by atoms with Gasteiger partial charge in [0.25, 0.3) is 0 Å². The van der Waals surface area contributed by atoms with E-state index in [4.69, 9.17) is 24.1 Å². The number of nitrogens with zero attached hydrogens (tertiary/aromatic N) is 1. The standard InChI is InChI=1S/C39H70NO6/c1-29(2)9-8-10-30(3)34-13-14-35-33-12-11-31-27-32(15-17-38(31,4)36(33)16-18-39(34,35)5)46-37(42)28-40(6,7)19-21-43-23-25-45-26-24-44-22-20-41/h11,29-30,32-36,41H,8-10,12-28H2,1-7H3/q+1/t30-,32+,33+,34-,35+,36+,38+,39-/m1/s1. The maximum absolute atomic E-state index is 13.1. The van der Waals surface area contributed by atoms with Crippen LogP contribution >= 0.6 is 0 Å². The molecule has 0 unspecified atom stereocenters. The molecule has 8 atom stereocenters. The fraction of sp³-hybridized carbons (Fsp3) is 0.923. The predicted octanol–water partition coefficient (Wildman–Crippen LogP) is 7.06. The van der Waals surface area contributed by atoms with Gasteiger partial charge in [0.15, 0.2) is 6.54 Å². The van der Waals surface area contributed by atoms with Crippen molar-refractivity contribution in [3.8, 4) is 0 Å². The van der Waals surface area contributed by atoms with Crippen molar-refractivity contribution in [2.75, 3.05) is 73.4 Å². The number of aliphatic hydroxyl groups excluding tert-OH is 1. The molecule has 0 aromatic rings. The third-order valence-corrected chi connectivity index (χ3v) is 12.9. The van der Waals surface area contributed by atoms with Gasteiger partial charge in [0.2, 0.25) is 0 Å². The van der Waals surface area contributed by atoms with Crippen molar-refractivity contribution in [1.29, 1.82) is 0 Å². The van der Waals surface area contributed by atoms with Crippen LogP contribution in [0.25, 0.3) is 0 Å². The lowest BCUT2D eigenvalue weighted by Gasteiger charge is -2.58. The predicted molar refractivity (Wildman–Crippen MR) is 184 cm³/mol. The SMILES string of the molecule is CC(C)CCC[C@@H](C)[C@H]1CC[C@H]2[C@@H]3CC=C4C[C@@H](OC(=O)C[N+](C)(C)CCOCCOCCOCCO)CC[C@]4(C)[C@H]3CC[C@]12C. The molecule has 46 heavy (non-hydrogen) atoms. The van der Waals surface area contributed by atoms with Crippen LogP contribution in [0.15, 0.2) is 11.6 Å². The highest BCUT2D eigenvalue weighted by atomic mass is 16.6. The van der Waals surface area contributed by atoms with Gasteiger partial charge < -0.3 is 28.5 Å². The van der Waals surface area contributed by atoms with Crippen LogP contribution in [0.4, 0.5) is 0 Å². The molecule has 3 saturated carbocycles. The van der Waals surface area contributed by atoms with Gasteiger partial charge in [-0.25, -0.2) is 4.79 Å². The van der Waals surface area contributed by atoms with Crippen LogP contribution in [-0.2, 0) is 23.7 Å². The second-order valence-corrected chi connectivity index (χ2v) is 17.0. The average molecular weight is 649 g/mol. The summed E-state index contributed by atoms with van der Waals surface area (Å²) in [5, 5.41) is 8.71. The van der Waals surface area contributed by atoms with E-state index in [1.54, 1.807) is 5.57 Å². The second kappa shape index (κ2) is 17.1. The molecule has 7 nitrogen and oxygen atoms in total. The molecule has 7 heteroatoms. The lowest BCUT2D eigenvalue weighted by Crippen LogP contribution is -2.51. The van der Waals surface area contributed by atoms with E-state index in [0.717, 1.165) is 61.3 Å². The number of allylic oxidation sites excluding steroid dienone is 1. The highest BCUT2D eigenvalue weighted by Crippen LogP contribution is 2.67. The number of ether oxygens (including phenoxy) is 4. The van der Waals surface area contributed by atoms with Gasteiger partial charge in [-0.3, -0.25) is 0 Å². The summed E-state index contributed by atoms with van der Waals surface area (Å²) in [6, 6.07) is 0. The fourth-order valence-corrected chi connectivity index (χ4v) is 10.3. The Morgan fingerprint density at radius 1 is 0.913 bits per heavy atom. The lowest BCUT2D eigenvalue weighted by atomic mass is 9.47. The van der Waals surface area contributed by atoms with E-state index in [9.17, 15) is 4.79 Å². The number of likely N-dealkylation sites (N-methyl/N-ethyl adjacent to an activating group) is 1. The summed E-state index contributed by atoms with van der Waals surface area (Å²) >= 11 is 0. The van der Waals surface area contributed by atoms with E-state index in [2.05, 4.69) is 54.8 Å². The van der Waals surface area contributed by atoms with E-state index in [0.29, 0.717) is 56.1 Å². The van der Waals surface area contributed by atoms with Crippen LogP contribution in [0.3, 0.4) is 0 Å². The molecular formula is C39H70NO6+. The van der Waals surface area contributed by atoms with Crippen LogP contribution in [0.1, 0.15) is 105 Å². The quantitative estimate of drug-likeness (QED) is 0.0700. The minimum absolute atomic E-state index is 0.00883. The summed E-state index contributed by atoms with van der Waals surface area (Å²) in [4.78, 5) is 13.1. The van der Waals surface area contributed by atoms with Crippen molar-refractivity contribution >= 4 is 5.97 Å². The van der Waals surface area contributed by atoms with Crippen LogP contribution in [-0.4, -0.2) is 95.1 Å². The molecule has 4 aliphatic rings. The molecule has 0 amide bonds. The number of rotatable bonds is 19. The Bertz CT molecular complexity index is 982. The molecule has 266 valence electrons. The number of hydrogen-bond acceptors (Lipinski definition) is 6. The first-order valence-corrected chi connectivity index (χ1v) is 18.9. The van der Waals surface area contributed by atoms with E-state index in [1.165, 1.54) is 51.4 Å². The zero-order chi connectivity index (χ0) is 33.4. The minimum Gasteiger partial charge on any atom is -0.458 e. The topological polar surface area (TPSA) is 74.2 Å². The van der Waals surface area contributed by atoms with Gasteiger partial charge in [-0.05, 0) is 91.3 Å². The zero-order valence-electron chi connectivity index (χ0n) is 30.7. The Morgan fingerprint density at radius 3 is 2.30 bits per heavy atom. The van der Waals surface area contributed by atoms with Crippen LogP contribution in [0, 0.1) is 46.3 Å². The third kappa shape index (κ3) is 9.58. The summed E-state index contributed by atoms with van der Waals surface area (Å²) in [5.41, 5.74) is 2.38. The third-order valence-electron chi connectivity index (χ3n) is 12.9. The van der Waals surface area contributed by atoms with Crippen LogP contribution in [0.5, 0.6) is 0 Å².